The van der Waals surface area contributed by atoms with Gasteiger partial charge in [-0.2, -0.15) is 0 Å². The average molecular weight is 252 g/mol. The molecule has 0 saturated heterocycles. The lowest BCUT2D eigenvalue weighted by atomic mass is 9.85. The fraction of sp³-hybridized carbons (Fsp3) is 0.571. The molecule has 1 fully saturated rings. The van der Waals surface area contributed by atoms with E-state index in [2.05, 4.69) is 5.32 Å². The third-order valence-electron chi connectivity index (χ3n) is 3.82. The molecule has 2 rings (SSSR count). The second-order valence-corrected chi connectivity index (χ2v) is 5.17. The summed E-state index contributed by atoms with van der Waals surface area (Å²) in [4.78, 5) is 0. The van der Waals surface area contributed by atoms with Crippen molar-refractivity contribution in [2.24, 2.45) is 5.92 Å². The molecule has 18 heavy (non-hydrogen) atoms. The first-order valence-electron chi connectivity index (χ1n) is 6.55. The van der Waals surface area contributed by atoms with Gasteiger partial charge in [-0.1, -0.05) is 12.8 Å². The van der Waals surface area contributed by atoms with Gasteiger partial charge in [0.15, 0.2) is 0 Å². The van der Waals surface area contributed by atoms with Gasteiger partial charge in [0.1, 0.15) is 5.82 Å². The van der Waals surface area contributed by atoms with Crippen molar-refractivity contribution in [1.29, 1.82) is 0 Å². The number of hydrogen-bond donors (Lipinski definition) is 3. The molecule has 0 aliphatic heterocycles. The fourth-order valence-electron chi connectivity index (χ4n) is 2.64. The number of aliphatic hydroxyl groups is 1. The minimum absolute atomic E-state index is 0.192. The van der Waals surface area contributed by atoms with Crippen LogP contribution in [0.25, 0.3) is 0 Å². The zero-order valence-electron chi connectivity index (χ0n) is 10.7. The zero-order chi connectivity index (χ0) is 13.1. The van der Waals surface area contributed by atoms with Gasteiger partial charge < -0.3 is 16.2 Å². The molecule has 4 heteroatoms. The Hall–Kier alpha value is -1.29. The van der Waals surface area contributed by atoms with Gasteiger partial charge in [-0.15, -0.1) is 0 Å². The summed E-state index contributed by atoms with van der Waals surface area (Å²) in [5.41, 5.74) is 7.62. The molecule has 2 atom stereocenters. The third kappa shape index (κ3) is 2.75. The molecular weight excluding hydrogens is 231 g/mol. The number of rotatable bonds is 3. The van der Waals surface area contributed by atoms with Crippen molar-refractivity contribution in [3.05, 3.63) is 23.5 Å². The Kier molecular flexibility index (Phi) is 4.07. The molecule has 0 bridgehead atoms. The highest BCUT2D eigenvalue weighted by molar-refractivity contribution is 5.67. The molecule has 1 saturated carbocycles. The van der Waals surface area contributed by atoms with E-state index in [4.69, 9.17) is 5.73 Å². The molecule has 0 spiro atoms. The van der Waals surface area contributed by atoms with Crippen LogP contribution in [0.3, 0.4) is 0 Å². The minimum atomic E-state index is -0.277. The van der Waals surface area contributed by atoms with Gasteiger partial charge in [0, 0.05) is 18.6 Å². The number of benzene rings is 1. The van der Waals surface area contributed by atoms with Crippen LogP contribution >= 0.6 is 0 Å². The van der Waals surface area contributed by atoms with Gasteiger partial charge in [-0.25, -0.2) is 4.39 Å². The smallest absolute Gasteiger partial charge is 0.128 e. The van der Waals surface area contributed by atoms with Crippen molar-refractivity contribution in [3.8, 4) is 0 Å². The lowest BCUT2D eigenvalue weighted by Gasteiger charge is -2.32. The molecule has 2 unspecified atom stereocenters. The normalized spacial score (nSPS) is 23.9. The van der Waals surface area contributed by atoms with E-state index in [1.807, 2.05) is 0 Å². The third-order valence-corrected chi connectivity index (χ3v) is 3.82. The molecule has 4 N–H and O–H groups in total. The van der Waals surface area contributed by atoms with Crippen molar-refractivity contribution in [2.45, 2.75) is 38.6 Å². The lowest BCUT2D eigenvalue weighted by Crippen LogP contribution is -2.34. The summed E-state index contributed by atoms with van der Waals surface area (Å²) in [6.45, 7) is 1.92. The van der Waals surface area contributed by atoms with Crippen LogP contribution in [0.2, 0.25) is 0 Å². The van der Waals surface area contributed by atoms with Gasteiger partial charge in [-0.05, 0) is 37.5 Å². The standard InChI is InChI=1S/C14H21FN2O/c1-9-6-14(12(16)7-11(9)15)17-13-5-3-2-4-10(13)8-18/h6-7,10,13,17-18H,2-5,8,16H2,1H3. The van der Waals surface area contributed by atoms with Crippen molar-refractivity contribution in [1.82, 2.24) is 0 Å². The molecule has 1 aromatic rings. The Morgan fingerprint density at radius 2 is 2.11 bits per heavy atom. The van der Waals surface area contributed by atoms with E-state index in [-0.39, 0.29) is 24.4 Å². The number of aliphatic hydroxyl groups excluding tert-OH is 1. The number of aryl methyl sites for hydroxylation is 1. The van der Waals surface area contributed by atoms with Gasteiger partial charge >= 0.3 is 0 Å². The van der Waals surface area contributed by atoms with E-state index in [1.54, 1.807) is 13.0 Å². The van der Waals surface area contributed by atoms with E-state index >= 15 is 0 Å². The maximum absolute atomic E-state index is 13.3. The largest absolute Gasteiger partial charge is 0.397 e. The van der Waals surface area contributed by atoms with E-state index in [1.165, 1.54) is 12.5 Å². The van der Waals surface area contributed by atoms with Gasteiger partial charge in [0.25, 0.3) is 0 Å². The number of nitrogens with two attached hydrogens (primary N) is 1. The van der Waals surface area contributed by atoms with Crippen LogP contribution in [-0.4, -0.2) is 17.8 Å². The monoisotopic (exact) mass is 252 g/mol. The maximum Gasteiger partial charge on any atom is 0.128 e. The van der Waals surface area contributed by atoms with Crippen LogP contribution in [0.15, 0.2) is 12.1 Å². The van der Waals surface area contributed by atoms with Gasteiger partial charge in [-0.3, -0.25) is 0 Å². The molecule has 3 nitrogen and oxygen atoms in total. The van der Waals surface area contributed by atoms with Crippen LogP contribution < -0.4 is 11.1 Å². The zero-order valence-corrected chi connectivity index (χ0v) is 10.7. The summed E-state index contributed by atoms with van der Waals surface area (Å²) in [5, 5.41) is 12.7. The number of anilines is 2. The molecule has 0 amide bonds. The van der Waals surface area contributed by atoms with E-state index in [0.29, 0.717) is 11.3 Å². The summed E-state index contributed by atoms with van der Waals surface area (Å²) in [7, 11) is 0. The molecule has 0 radical (unpaired) electrons. The second-order valence-electron chi connectivity index (χ2n) is 5.17. The highest BCUT2D eigenvalue weighted by Gasteiger charge is 2.24. The molecule has 0 heterocycles. The fourth-order valence-corrected chi connectivity index (χ4v) is 2.64. The first-order valence-corrected chi connectivity index (χ1v) is 6.55. The maximum atomic E-state index is 13.3. The summed E-state index contributed by atoms with van der Waals surface area (Å²) in [6.07, 6.45) is 4.39. The van der Waals surface area contributed by atoms with Gasteiger partial charge in [0.2, 0.25) is 0 Å². The van der Waals surface area contributed by atoms with E-state index in [9.17, 15) is 9.50 Å². The molecule has 100 valence electrons. The molecular formula is C14H21FN2O. The predicted molar refractivity (Wildman–Crippen MR) is 72.0 cm³/mol. The van der Waals surface area contributed by atoms with Crippen LogP contribution in [0.5, 0.6) is 0 Å². The van der Waals surface area contributed by atoms with Crippen LogP contribution in [-0.2, 0) is 0 Å². The number of nitrogens with one attached hydrogen (secondary N) is 1. The topological polar surface area (TPSA) is 58.3 Å². The van der Waals surface area contributed by atoms with Gasteiger partial charge in [0.05, 0.1) is 11.4 Å². The van der Waals surface area contributed by atoms with E-state index < -0.39 is 0 Å². The molecule has 1 aliphatic rings. The SMILES string of the molecule is Cc1cc(NC2CCCCC2CO)c(N)cc1F. The highest BCUT2D eigenvalue weighted by atomic mass is 19.1. The minimum Gasteiger partial charge on any atom is -0.397 e. The molecule has 1 aromatic carbocycles. The van der Waals surface area contributed by atoms with Crippen molar-refractivity contribution >= 4 is 11.4 Å². The van der Waals surface area contributed by atoms with Crippen molar-refractivity contribution in [3.63, 3.8) is 0 Å². The quantitative estimate of drug-likeness (QED) is 0.725. The van der Waals surface area contributed by atoms with Crippen molar-refractivity contribution < 1.29 is 9.50 Å². The first kappa shape index (κ1) is 13.1. The Bertz CT molecular complexity index is 423. The predicted octanol–water partition coefficient (Wildman–Crippen LogP) is 2.68. The Balaban J connectivity index is 2.15. The highest BCUT2D eigenvalue weighted by Crippen LogP contribution is 2.30. The summed E-state index contributed by atoms with van der Waals surface area (Å²) in [5.74, 6) is -0.0103. The number of halogens is 1. The Labute approximate surface area is 107 Å². The lowest BCUT2D eigenvalue weighted by molar-refractivity contribution is 0.178. The molecule has 0 aromatic heterocycles. The summed E-state index contributed by atoms with van der Waals surface area (Å²) < 4.78 is 13.3. The summed E-state index contributed by atoms with van der Waals surface area (Å²) >= 11 is 0. The first-order chi connectivity index (χ1) is 8.61. The Morgan fingerprint density at radius 3 is 2.83 bits per heavy atom. The summed E-state index contributed by atoms with van der Waals surface area (Å²) in [6, 6.07) is 3.33. The van der Waals surface area contributed by atoms with E-state index in [0.717, 1.165) is 24.9 Å². The molecule has 1 aliphatic carbocycles. The second kappa shape index (κ2) is 5.57. The van der Waals surface area contributed by atoms with Crippen LogP contribution in [0.4, 0.5) is 15.8 Å². The van der Waals surface area contributed by atoms with Crippen LogP contribution in [0, 0.1) is 18.7 Å². The Morgan fingerprint density at radius 1 is 1.39 bits per heavy atom. The number of nitrogen functional groups attached to an aromatic ring is 1. The van der Waals surface area contributed by atoms with Crippen LogP contribution in [0.1, 0.15) is 31.2 Å². The van der Waals surface area contributed by atoms with Crippen molar-refractivity contribution in [2.75, 3.05) is 17.7 Å². The number of hydrogen-bond acceptors (Lipinski definition) is 3. The average Bonchev–Trinajstić information content (AvgIpc) is 2.36.